The molecule has 1 aliphatic heterocycles. The number of alkyl halides is 3. The molecule has 4 rings (SSSR count). The van der Waals surface area contributed by atoms with Gasteiger partial charge in [0.2, 0.25) is 0 Å². The molecule has 2 aromatic rings. The van der Waals surface area contributed by atoms with Crippen LogP contribution in [0.3, 0.4) is 0 Å². The van der Waals surface area contributed by atoms with Gasteiger partial charge in [0, 0.05) is 29.3 Å². The van der Waals surface area contributed by atoms with E-state index in [9.17, 15) is 18.0 Å². The smallest absolute Gasteiger partial charge is 0.490 e. The van der Waals surface area contributed by atoms with Crippen molar-refractivity contribution in [3.05, 3.63) is 48.0 Å². The van der Waals surface area contributed by atoms with Crippen LogP contribution >= 0.6 is 0 Å². The van der Waals surface area contributed by atoms with Gasteiger partial charge in [-0.1, -0.05) is 12.1 Å². The van der Waals surface area contributed by atoms with E-state index in [2.05, 4.69) is 34.7 Å². The number of halogens is 3. The second-order valence-electron chi connectivity index (χ2n) is 9.58. The average molecular weight is 554 g/mol. The van der Waals surface area contributed by atoms with Gasteiger partial charge in [-0.05, 0) is 69.1 Å². The zero-order valence-electron chi connectivity index (χ0n) is 22.3. The number of carboxylic acids is 1. The number of rotatable bonds is 6. The number of amides is 2. The summed E-state index contributed by atoms with van der Waals surface area (Å²) in [6.45, 7) is 1.04. The van der Waals surface area contributed by atoms with E-state index in [0.717, 1.165) is 49.4 Å². The Hall–Kier alpha value is -3.67. The van der Waals surface area contributed by atoms with E-state index in [1.165, 1.54) is 5.56 Å². The second-order valence-corrected chi connectivity index (χ2v) is 9.58. The lowest BCUT2D eigenvalue weighted by molar-refractivity contribution is -0.192. The number of carbonyl (C=O) groups excluding carboxylic acids is 1. The number of likely N-dealkylation sites (tertiary alicyclic amines) is 1. The number of urea groups is 1. The second kappa shape index (κ2) is 12.5. The van der Waals surface area contributed by atoms with Crippen LogP contribution in [0.15, 0.2) is 42.5 Å². The van der Waals surface area contributed by atoms with Crippen molar-refractivity contribution < 1.29 is 42.1 Å². The van der Waals surface area contributed by atoms with E-state index in [4.69, 9.17) is 24.1 Å². The lowest BCUT2D eigenvalue weighted by Gasteiger charge is -2.45. The number of fused-ring (bicyclic) bond motifs is 1. The Bertz CT molecular complexity index is 1160. The molecule has 0 radical (unpaired) electrons. The highest BCUT2D eigenvalue weighted by Gasteiger charge is 2.50. The van der Waals surface area contributed by atoms with E-state index < -0.39 is 12.1 Å². The number of aliphatic carboxylic acids is 1. The van der Waals surface area contributed by atoms with Gasteiger partial charge < -0.3 is 34.9 Å². The van der Waals surface area contributed by atoms with E-state index in [1.54, 1.807) is 21.3 Å². The molecular formula is C27H34F3N3O6. The van der Waals surface area contributed by atoms with Crippen LogP contribution in [0.1, 0.15) is 31.2 Å². The molecule has 2 aromatic carbocycles. The highest BCUT2D eigenvalue weighted by molar-refractivity contribution is 5.89. The lowest BCUT2D eigenvalue weighted by Crippen LogP contribution is -2.52. The third-order valence-electron chi connectivity index (χ3n) is 7.39. The van der Waals surface area contributed by atoms with Crippen molar-refractivity contribution in [1.82, 2.24) is 10.2 Å². The summed E-state index contributed by atoms with van der Waals surface area (Å²) in [5, 5.41) is 13.2. The van der Waals surface area contributed by atoms with Crippen LogP contribution in [0.2, 0.25) is 0 Å². The SMILES string of the molecule is COc1cccc(NC(=O)N[C@@H]2CC[C@@]3(c4ccc(OC)c(OC)c4)CCN(C)[C@H]3C2)c1.O=C(O)C(F)(F)F. The van der Waals surface area contributed by atoms with Gasteiger partial charge in [-0.25, -0.2) is 9.59 Å². The van der Waals surface area contributed by atoms with Gasteiger partial charge in [-0.3, -0.25) is 0 Å². The third-order valence-corrected chi connectivity index (χ3v) is 7.39. The van der Waals surface area contributed by atoms with Gasteiger partial charge in [0.25, 0.3) is 0 Å². The van der Waals surface area contributed by atoms with Crippen LogP contribution in [0.5, 0.6) is 17.2 Å². The van der Waals surface area contributed by atoms with Gasteiger partial charge in [-0.2, -0.15) is 13.2 Å². The summed E-state index contributed by atoms with van der Waals surface area (Å²) in [5.74, 6) is -0.522. The van der Waals surface area contributed by atoms with Crippen molar-refractivity contribution >= 4 is 17.7 Å². The van der Waals surface area contributed by atoms with Crippen molar-refractivity contribution in [2.24, 2.45) is 0 Å². The number of benzene rings is 2. The number of carbonyl (C=O) groups is 2. The van der Waals surface area contributed by atoms with Crippen LogP contribution in [0.25, 0.3) is 0 Å². The van der Waals surface area contributed by atoms with E-state index in [0.29, 0.717) is 11.8 Å². The van der Waals surface area contributed by atoms with Crippen molar-refractivity contribution in [2.45, 2.75) is 49.4 Å². The molecule has 12 heteroatoms. The van der Waals surface area contributed by atoms with Gasteiger partial charge in [0.05, 0.1) is 21.3 Å². The molecule has 0 bridgehead atoms. The Labute approximate surface area is 225 Å². The molecule has 9 nitrogen and oxygen atoms in total. The first-order valence-corrected chi connectivity index (χ1v) is 12.4. The quantitative estimate of drug-likeness (QED) is 0.477. The highest BCUT2D eigenvalue weighted by atomic mass is 19.4. The fourth-order valence-electron chi connectivity index (χ4n) is 5.45. The first-order valence-electron chi connectivity index (χ1n) is 12.4. The van der Waals surface area contributed by atoms with Crippen molar-refractivity contribution in [2.75, 3.05) is 40.2 Å². The number of anilines is 1. The Morgan fingerprint density at radius 3 is 2.33 bits per heavy atom. The van der Waals surface area contributed by atoms with E-state index >= 15 is 0 Å². The average Bonchev–Trinajstić information content (AvgIpc) is 3.24. The maximum Gasteiger partial charge on any atom is 0.490 e. The Balaban J connectivity index is 0.000000532. The number of ether oxygens (including phenoxy) is 3. The molecule has 2 fully saturated rings. The van der Waals surface area contributed by atoms with Crippen molar-refractivity contribution in [1.29, 1.82) is 0 Å². The first-order chi connectivity index (χ1) is 18.4. The number of methoxy groups -OCH3 is 3. The van der Waals surface area contributed by atoms with Crippen molar-refractivity contribution in [3.8, 4) is 17.2 Å². The molecule has 3 atom stereocenters. The molecule has 1 heterocycles. The van der Waals surface area contributed by atoms with Gasteiger partial charge >= 0.3 is 18.2 Å². The van der Waals surface area contributed by atoms with Gasteiger partial charge in [-0.15, -0.1) is 0 Å². The number of nitrogens with one attached hydrogen (secondary N) is 2. The summed E-state index contributed by atoms with van der Waals surface area (Å²) in [7, 11) is 7.14. The standard InChI is InChI=1S/C25H33N3O4.C2HF3O2/c1-28-13-12-25(17-8-9-21(31-3)22(14-17)32-4)11-10-19(16-23(25)28)27-24(29)26-18-6-5-7-20(15-18)30-2;3-2(4,5)1(6)7/h5-9,14-15,19,23H,10-13,16H2,1-4H3,(H2,26,27,29);(H,6,7)/t19-,23+,25+;/m1./s1. The molecule has 0 unspecified atom stereocenters. The zero-order chi connectivity index (χ0) is 28.8. The van der Waals surface area contributed by atoms with Crippen LogP contribution in [0, 0.1) is 0 Å². The molecule has 3 N–H and O–H groups in total. The molecule has 0 spiro atoms. The summed E-state index contributed by atoms with van der Waals surface area (Å²) < 4.78 is 48.0. The number of likely N-dealkylation sites (N-methyl/N-ethyl adjacent to an activating group) is 1. The predicted octanol–water partition coefficient (Wildman–Crippen LogP) is 4.66. The number of carboxylic acid groups (broad SMARTS) is 1. The normalized spacial score (nSPS) is 22.5. The first kappa shape index (κ1) is 29.9. The predicted molar refractivity (Wildman–Crippen MR) is 139 cm³/mol. The molecule has 1 aliphatic carbocycles. The largest absolute Gasteiger partial charge is 0.497 e. The summed E-state index contributed by atoms with van der Waals surface area (Å²) in [6, 6.07) is 14.0. The number of nitrogens with zero attached hydrogens (tertiary/aromatic N) is 1. The molecule has 39 heavy (non-hydrogen) atoms. The minimum atomic E-state index is -5.08. The van der Waals surface area contributed by atoms with Crippen LogP contribution < -0.4 is 24.8 Å². The molecule has 1 saturated carbocycles. The van der Waals surface area contributed by atoms with E-state index in [-0.39, 0.29) is 17.5 Å². The summed E-state index contributed by atoms with van der Waals surface area (Å²) >= 11 is 0. The fourth-order valence-corrected chi connectivity index (χ4v) is 5.45. The van der Waals surface area contributed by atoms with Gasteiger partial charge in [0.15, 0.2) is 11.5 Å². The molecule has 214 valence electrons. The van der Waals surface area contributed by atoms with Crippen molar-refractivity contribution in [3.63, 3.8) is 0 Å². The Morgan fingerprint density at radius 2 is 1.72 bits per heavy atom. The van der Waals surface area contributed by atoms with Crippen LogP contribution in [-0.4, -0.2) is 75.2 Å². The lowest BCUT2D eigenvalue weighted by atomic mass is 9.65. The molecule has 2 aliphatic rings. The Morgan fingerprint density at radius 1 is 1.03 bits per heavy atom. The van der Waals surface area contributed by atoms with Crippen LogP contribution in [0.4, 0.5) is 23.7 Å². The third kappa shape index (κ3) is 7.05. The van der Waals surface area contributed by atoms with Crippen LogP contribution in [-0.2, 0) is 10.2 Å². The van der Waals surface area contributed by atoms with E-state index in [1.807, 2.05) is 30.3 Å². The zero-order valence-corrected chi connectivity index (χ0v) is 22.3. The maximum absolute atomic E-state index is 12.7. The fraction of sp³-hybridized carbons (Fsp3) is 0.481. The minimum absolute atomic E-state index is 0.0652. The summed E-state index contributed by atoms with van der Waals surface area (Å²) in [6.07, 6.45) is -1.12. The molecular weight excluding hydrogens is 519 g/mol. The molecule has 2 amide bonds. The Kier molecular flexibility index (Phi) is 9.54. The number of hydrogen-bond acceptors (Lipinski definition) is 6. The number of hydrogen-bond donors (Lipinski definition) is 3. The van der Waals surface area contributed by atoms with Gasteiger partial charge in [0.1, 0.15) is 5.75 Å². The molecule has 0 aromatic heterocycles. The summed E-state index contributed by atoms with van der Waals surface area (Å²) in [4.78, 5) is 24.0. The summed E-state index contributed by atoms with van der Waals surface area (Å²) in [5.41, 5.74) is 2.08. The minimum Gasteiger partial charge on any atom is -0.497 e. The molecule has 1 saturated heterocycles. The maximum atomic E-state index is 12.7. The highest BCUT2D eigenvalue weighted by Crippen LogP contribution is 2.49. The topological polar surface area (TPSA) is 109 Å². The monoisotopic (exact) mass is 553 g/mol.